The second-order valence-corrected chi connectivity index (χ2v) is 10.3. The van der Waals surface area contributed by atoms with E-state index in [0.717, 1.165) is 5.70 Å². The minimum atomic E-state index is -0.608. The number of ketones is 1. The molecule has 2 unspecified atom stereocenters. The molecule has 6 rings (SSSR count). The molecule has 3 heterocycles. The zero-order chi connectivity index (χ0) is 23.4. The highest BCUT2D eigenvalue weighted by molar-refractivity contribution is 7.10. The summed E-state index contributed by atoms with van der Waals surface area (Å²) in [6.45, 7) is 0. The molecule has 0 spiro atoms. The number of carbonyl (C=O) groups excluding carboxylic acids is 1. The first-order valence-electron chi connectivity index (χ1n) is 10.9. The van der Waals surface area contributed by atoms with E-state index < -0.39 is 5.92 Å². The lowest BCUT2D eigenvalue weighted by atomic mass is 9.74. The van der Waals surface area contributed by atoms with Crippen molar-refractivity contribution in [2.24, 2.45) is 0 Å². The Kier molecular flexibility index (Phi) is 5.25. The van der Waals surface area contributed by atoms with Crippen molar-refractivity contribution in [2.45, 2.75) is 24.7 Å². The molecule has 0 bridgehead atoms. The van der Waals surface area contributed by atoms with Crippen molar-refractivity contribution in [3.8, 4) is 5.69 Å². The van der Waals surface area contributed by atoms with Crippen molar-refractivity contribution >= 4 is 46.1 Å². The van der Waals surface area contributed by atoms with Crippen molar-refractivity contribution in [1.29, 1.82) is 0 Å². The second-order valence-electron chi connectivity index (χ2n) is 8.51. The number of rotatable bonds is 3. The van der Waals surface area contributed by atoms with Gasteiger partial charge in [-0.2, -0.15) is 0 Å². The smallest absolute Gasteiger partial charge is 0.277 e. The van der Waals surface area contributed by atoms with Crippen molar-refractivity contribution in [3.05, 3.63) is 114 Å². The zero-order valence-corrected chi connectivity index (χ0v) is 20.2. The Morgan fingerprint density at radius 2 is 1.76 bits per heavy atom. The van der Waals surface area contributed by atoms with Gasteiger partial charge in [-0.3, -0.25) is 14.7 Å². The van der Waals surface area contributed by atoms with E-state index in [1.165, 1.54) is 9.56 Å². The first-order valence-corrected chi connectivity index (χ1v) is 12.6. The first-order chi connectivity index (χ1) is 16.5. The number of para-hydroxylation sites is 1. The van der Waals surface area contributed by atoms with Crippen LogP contribution >= 0.6 is 34.5 Å². The number of fused-ring (bicyclic) bond motifs is 1. The summed E-state index contributed by atoms with van der Waals surface area (Å²) in [6, 6.07) is 18.8. The molecule has 0 saturated heterocycles. The molecular weight excluding hydrogens is 489 g/mol. The Hall–Kier alpha value is -3.06. The fourth-order valence-corrected chi connectivity index (χ4v) is 6.28. The third kappa shape index (κ3) is 3.36. The molecule has 1 aliphatic heterocycles. The Morgan fingerprint density at radius 1 is 0.941 bits per heavy atom. The summed E-state index contributed by atoms with van der Waals surface area (Å²) < 4.78 is 1.50. The van der Waals surface area contributed by atoms with Gasteiger partial charge in [0.05, 0.1) is 21.3 Å². The third-order valence-corrected chi connectivity index (χ3v) is 8.41. The van der Waals surface area contributed by atoms with Gasteiger partial charge in [0, 0.05) is 34.4 Å². The van der Waals surface area contributed by atoms with Crippen LogP contribution in [0.5, 0.6) is 0 Å². The maximum absolute atomic E-state index is 13.7. The van der Waals surface area contributed by atoms with Crippen LogP contribution in [-0.4, -0.2) is 15.6 Å². The maximum atomic E-state index is 13.7. The number of nitrogens with one attached hydrogen (secondary N) is 2. The van der Waals surface area contributed by atoms with Gasteiger partial charge in [0.2, 0.25) is 0 Å². The number of anilines is 1. The SMILES string of the molecule is O=C1CC(c2cccs2)CC2=C1C(c1cccc(Cl)c1Cl)c1c([nH]n(-c3ccccc3)c1=O)N2. The van der Waals surface area contributed by atoms with Crippen LogP contribution in [0.2, 0.25) is 10.0 Å². The highest BCUT2D eigenvalue weighted by atomic mass is 35.5. The van der Waals surface area contributed by atoms with Gasteiger partial charge in [-0.05, 0) is 41.6 Å². The molecule has 170 valence electrons. The predicted molar refractivity (Wildman–Crippen MR) is 137 cm³/mol. The second kappa shape index (κ2) is 8.31. The van der Waals surface area contributed by atoms with Crippen LogP contribution in [0, 0.1) is 0 Å². The number of halogens is 2. The lowest BCUT2D eigenvalue weighted by Crippen LogP contribution is -2.32. The zero-order valence-electron chi connectivity index (χ0n) is 17.8. The lowest BCUT2D eigenvalue weighted by molar-refractivity contribution is -0.116. The highest BCUT2D eigenvalue weighted by Crippen LogP contribution is 2.49. The van der Waals surface area contributed by atoms with E-state index in [1.54, 1.807) is 23.5 Å². The van der Waals surface area contributed by atoms with E-state index in [4.69, 9.17) is 23.2 Å². The molecule has 4 aromatic rings. The molecular formula is C26H19Cl2N3O2S. The first kappa shape index (κ1) is 21.5. The van der Waals surface area contributed by atoms with E-state index in [9.17, 15) is 9.59 Å². The summed E-state index contributed by atoms with van der Waals surface area (Å²) in [7, 11) is 0. The topological polar surface area (TPSA) is 66.9 Å². The highest BCUT2D eigenvalue weighted by Gasteiger charge is 2.42. The number of aromatic nitrogens is 2. The minimum Gasteiger partial charge on any atom is -0.343 e. The van der Waals surface area contributed by atoms with E-state index in [1.807, 2.05) is 47.8 Å². The lowest BCUT2D eigenvalue weighted by Gasteiger charge is -2.34. The summed E-state index contributed by atoms with van der Waals surface area (Å²) in [5.41, 5.74) is 3.03. The van der Waals surface area contributed by atoms with E-state index in [0.29, 0.717) is 51.1 Å². The Labute approximate surface area is 209 Å². The van der Waals surface area contributed by atoms with Gasteiger partial charge >= 0.3 is 0 Å². The fraction of sp³-hybridized carbons (Fsp3) is 0.154. The Bertz CT molecular complexity index is 1500. The normalized spacial score (nSPS) is 19.5. The van der Waals surface area contributed by atoms with Crippen LogP contribution < -0.4 is 10.9 Å². The van der Waals surface area contributed by atoms with Crippen molar-refractivity contribution < 1.29 is 4.79 Å². The van der Waals surface area contributed by atoms with E-state index in [2.05, 4.69) is 16.5 Å². The molecule has 2 aromatic carbocycles. The van der Waals surface area contributed by atoms with Crippen molar-refractivity contribution in [1.82, 2.24) is 9.78 Å². The van der Waals surface area contributed by atoms with Crippen LogP contribution in [0.25, 0.3) is 5.69 Å². The van der Waals surface area contributed by atoms with Gasteiger partial charge in [-0.25, -0.2) is 4.68 Å². The summed E-state index contributed by atoms with van der Waals surface area (Å²) >= 11 is 14.7. The summed E-state index contributed by atoms with van der Waals surface area (Å²) in [6.07, 6.45) is 1.07. The number of aromatic amines is 1. The van der Waals surface area contributed by atoms with Gasteiger partial charge in [-0.15, -0.1) is 11.3 Å². The van der Waals surface area contributed by atoms with Gasteiger partial charge in [0.15, 0.2) is 5.78 Å². The summed E-state index contributed by atoms with van der Waals surface area (Å²) in [4.78, 5) is 28.5. The van der Waals surface area contributed by atoms with E-state index in [-0.39, 0.29) is 17.3 Å². The molecule has 5 nitrogen and oxygen atoms in total. The van der Waals surface area contributed by atoms with E-state index >= 15 is 0 Å². The number of benzene rings is 2. The molecule has 0 radical (unpaired) electrons. The van der Waals surface area contributed by atoms with Gasteiger partial charge in [0.1, 0.15) is 5.82 Å². The molecule has 0 saturated carbocycles. The van der Waals surface area contributed by atoms with Crippen LogP contribution in [0.4, 0.5) is 5.82 Å². The third-order valence-electron chi connectivity index (χ3n) is 6.54. The molecule has 2 atom stereocenters. The number of H-pyrrole nitrogens is 1. The quantitative estimate of drug-likeness (QED) is 0.332. The number of thiophene rings is 1. The molecule has 2 aliphatic rings. The number of hydrogen-bond donors (Lipinski definition) is 2. The molecule has 34 heavy (non-hydrogen) atoms. The monoisotopic (exact) mass is 507 g/mol. The number of hydrogen-bond acceptors (Lipinski definition) is 4. The molecule has 0 amide bonds. The van der Waals surface area contributed by atoms with Crippen LogP contribution in [0.1, 0.15) is 40.7 Å². The minimum absolute atomic E-state index is 0.0192. The average molecular weight is 508 g/mol. The molecule has 8 heteroatoms. The van der Waals surface area contributed by atoms with Crippen molar-refractivity contribution in [2.75, 3.05) is 5.32 Å². The Balaban J connectivity index is 1.56. The van der Waals surface area contributed by atoms with Crippen LogP contribution in [0.3, 0.4) is 0 Å². The van der Waals surface area contributed by atoms with Gasteiger partial charge in [-0.1, -0.05) is 59.6 Å². The number of allylic oxidation sites excluding steroid dienone is 2. The maximum Gasteiger partial charge on any atom is 0.277 e. The molecule has 0 fully saturated rings. The fourth-order valence-electron chi connectivity index (χ4n) is 5.03. The van der Waals surface area contributed by atoms with Crippen LogP contribution in [0.15, 0.2) is 82.1 Å². The predicted octanol–water partition coefficient (Wildman–Crippen LogP) is 6.49. The Morgan fingerprint density at radius 3 is 2.53 bits per heavy atom. The summed E-state index contributed by atoms with van der Waals surface area (Å²) in [5.74, 6) is 0.0839. The molecule has 2 N–H and O–H groups in total. The van der Waals surface area contributed by atoms with Gasteiger partial charge < -0.3 is 5.32 Å². The average Bonchev–Trinajstić information content (AvgIpc) is 3.49. The standard InChI is InChI=1S/C26H19Cl2N3O2S/c27-17-9-4-8-16(24(17)28)21-22-18(12-14(13-19(22)32)20-10-5-11-34-20)29-25-23(21)26(33)31(30-25)15-6-2-1-3-7-15/h1-11,14,21,29-30H,12-13H2. The number of nitrogens with zero attached hydrogens (tertiary/aromatic N) is 1. The number of Topliss-reactive ketones (excluding diaryl/α,β-unsaturated/α-hetero) is 1. The molecule has 1 aliphatic carbocycles. The molecule has 2 aromatic heterocycles. The van der Waals surface area contributed by atoms with Crippen LogP contribution in [-0.2, 0) is 4.79 Å². The van der Waals surface area contributed by atoms with Crippen molar-refractivity contribution in [3.63, 3.8) is 0 Å². The van der Waals surface area contributed by atoms with Gasteiger partial charge in [0.25, 0.3) is 5.56 Å². The summed E-state index contributed by atoms with van der Waals surface area (Å²) in [5, 5.41) is 9.39. The largest absolute Gasteiger partial charge is 0.343 e. The number of carbonyl (C=O) groups is 1.